The van der Waals surface area contributed by atoms with Crippen LogP contribution in [0.2, 0.25) is 0 Å². The van der Waals surface area contributed by atoms with Gasteiger partial charge in [0, 0.05) is 25.8 Å². The van der Waals surface area contributed by atoms with Gasteiger partial charge >= 0.3 is 0 Å². The number of carbonyl (C=O) groups is 2. The number of likely N-dealkylation sites (tertiary alicyclic amines) is 2. The van der Waals surface area contributed by atoms with E-state index in [0.717, 1.165) is 62.3 Å². The Balaban J connectivity index is 1.50. The highest BCUT2D eigenvalue weighted by Gasteiger charge is 2.32. The molecule has 2 aliphatic rings. The van der Waals surface area contributed by atoms with Gasteiger partial charge in [-0.05, 0) is 50.4 Å². The Morgan fingerprint density at radius 2 is 1.91 bits per heavy atom. The zero-order valence-corrected chi connectivity index (χ0v) is 18.8. The van der Waals surface area contributed by atoms with Gasteiger partial charge in [-0.3, -0.25) is 14.5 Å². The smallest absolute Gasteiger partial charge is 0.255 e. The average molecular weight is 438 g/mol. The van der Waals surface area contributed by atoms with Crippen LogP contribution in [0.5, 0.6) is 5.75 Å². The SMILES string of the molecule is COc1ccc(CNC(=O)c2cnc(C)nc2[C@@H]2CCCCN2CC(=O)N2CCC2)cc1. The highest BCUT2D eigenvalue weighted by Crippen LogP contribution is 2.32. The number of benzene rings is 1. The largest absolute Gasteiger partial charge is 0.497 e. The molecular weight excluding hydrogens is 406 g/mol. The molecule has 1 N–H and O–H groups in total. The van der Waals surface area contributed by atoms with Gasteiger partial charge in [-0.2, -0.15) is 0 Å². The molecule has 32 heavy (non-hydrogen) atoms. The van der Waals surface area contributed by atoms with E-state index in [1.165, 1.54) is 0 Å². The fraction of sp³-hybridized carbons (Fsp3) is 0.500. The molecular formula is C24H31N5O3. The van der Waals surface area contributed by atoms with Crippen molar-refractivity contribution in [3.63, 3.8) is 0 Å². The van der Waals surface area contributed by atoms with Crippen molar-refractivity contribution < 1.29 is 14.3 Å². The highest BCUT2D eigenvalue weighted by atomic mass is 16.5. The number of aryl methyl sites for hydroxylation is 1. The van der Waals surface area contributed by atoms with Crippen molar-refractivity contribution in [1.82, 2.24) is 25.1 Å². The Bertz CT molecular complexity index is 959. The van der Waals surface area contributed by atoms with E-state index in [4.69, 9.17) is 4.74 Å². The van der Waals surface area contributed by atoms with Crippen LogP contribution in [0.3, 0.4) is 0 Å². The monoisotopic (exact) mass is 437 g/mol. The number of hydrogen-bond acceptors (Lipinski definition) is 6. The number of ether oxygens (including phenoxy) is 1. The molecule has 0 saturated carbocycles. The quantitative estimate of drug-likeness (QED) is 0.716. The van der Waals surface area contributed by atoms with Crippen molar-refractivity contribution in [2.24, 2.45) is 0 Å². The number of aromatic nitrogens is 2. The summed E-state index contributed by atoms with van der Waals surface area (Å²) >= 11 is 0. The molecule has 170 valence electrons. The summed E-state index contributed by atoms with van der Waals surface area (Å²) in [5.41, 5.74) is 2.19. The fourth-order valence-corrected chi connectivity index (χ4v) is 4.27. The van der Waals surface area contributed by atoms with Crippen LogP contribution in [0.4, 0.5) is 0 Å². The summed E-state index contributed by atoms with van der Waals surface area (Å²) in [4.78, 5) is 38.8. The zero-order valence-electron chi connectivity index (χ0n) is 18.8. The maximum Gasteiger partial charge on any atom is 0.255 e. The molecule has 0 radical (unpaired) electrons. The second kappa shape index (κ2) is 10.1. The number of carbonyl (C=O) groups excluding carboxylic acids is 2. The van der Waals surface area contributed by atoms with Gasteiger partial charge in [-0.25, -0.2) is 9.97 Å². The van der Waals surface area contributed by atoms with Gasteiger partial charge in [-0.15, -0.1) is 0 Å². The maximum absolute atomic E-state index is 13.1. The lowest BCUT2D eigenvalue weighted by molar-refractivity contribution is -0.136. The number of nitrogens with one attached hydrogen (secondary N) is 1. The second-order valence-electron chi connectivity index (χ2n) is 8.46. The fourth-order valence-electron chi connectivity index (χ4n) is 4.27. The van der Waals surface area contributed by atoms with Gasteiger partial charge in [0.25, 0.3) is 5.91 Å². The summed E-state index contributed by atoms with van der Waals surface area (Å²) in [6.07, 6.45) is 5.67. The molecule has 0 bridgehead atoms. The molecule has 4 rings (SSSR count). The van der Waals surface area contributed by atoms with E-state index >= 15 is 0 Å². The molecule has 0 aliphatic carbocycles. The van der Waals surface area contributed by atoms with E-state index in [0.29, 0.717) is 24.5 Å². The van der Waals surface area contributed by atoms with E-state index in [2.05, 4.69) is 20.2 Å². The molecule has 1 aromatic heterocycles. The van der Waals surface area contributed by atoms with E-state index in [1.54, 1.807) is 13.3 Å². The van der Waals surface area contributed by atoms with Gasteiger partial charge in [0.05, 0.1) is 31.0 Å². The van der Waals surface area contributed by atoms with Gasteiger partial charge in [0.15, 0.2) is 0 Å². The van der Waals surface area contributed by atoms with Crippen LogP contribution >= 0.6 is 0 Å². The van der Waals surface area contributed by atoms with Crippen LogP contribution < -0.4 is 10.1 Å². The van der Waals surface area contributed by atoms with E-state index < -0.39 is 0 Å². The topological polar surface area (TPSA) is 87.7 Å². The Hall–Kier alpha value is -3.00. The van der Waals surface area contributed by atoms with E-state index in [9.17, 15) is 9.59 Å². The maximum atomic E-state index is 13.1. The number of hydrogen-bond donors (Lipinski definition) is 1. The Kier molecular flexibility index (Phi) is 6.99. The van der Waals surface area contributed by atoms with Crippen LogP contribution in [-0.2, 0) is 11.3 Å². The van der Waals surface area contributed by atoms with E-state index in [1.807, 2.05) is 36.1 Å². The standard InChI is InChI=1S/C24H31N5O3/c1-17-25-15-20(24(31)26-14-18-7-9-19(32-2)10-8-18)23(27-17)21-6-3-4-11-29(21)16-22(30)28-12-5-13-28/h7-10,15,21H,3-6,11-14,16H2,1-2H3,(H,26,31)/t21-/m0/s1. The molecule has 0 unspecified atom stereocenters. The Labute approximate surface area is 189 Å². The summed E-state index contributed by atoms with van der Waals surface area (Å²) < 4.78 is 5.19. The third kappa shape index (κ3) is 5.07. The van der Waals surface area contributed by atoms with Crippen LogP contribution in [0.1, 0.15) is 59.2 Å². The third-order valence-corrected chi connectivity index (χ3v) is 6.27. The summed E-state index contributed by atoms with van der Waals surface area (Å²) in [5.74, 6) is 1.38. The molecule has 8 nitrogen and oxygen atoms in total. The van der Waals surface area contributed by atoms with Crippen molar-refractivity contribution in [2.75, 3.05) is 33.3 Å². The molecule has 2 amide bonds. The van der Waals surface area contributed by atoms with Crippen molar-refractivity contribution in [2.45, 2.75) is 45.2 Å². The van der Waals surface area contributed by atoms with Crippen molar-refractivity contribution >= 4 is 11.8 Å². The number of rotatable bonds is 7. The van der Waals surface area contributed by atoms with Crippen molar-refractivity contribution in [3.05, 3.63) is 53.1 Å². The van der Waals surface area contributed by atoms with Crippen LogP contribution in [0.15, 0.2) is 30.5 Å². The number of piperidine rings is 1. The second-order valence-corrected chi connectivity index (χ2v) is 8.46. The van der Waals surface area contributed by atoms with Crippen molar-refractivity contribution in [3.8, 4) is 5.75 Å². The first-order valence-corrected chi connectivity index (χ1v) is 11.3. The van der Waals surface area contributed by atoms with Crippen molar-refractivity contribution in [1.29, 1.82) is 0 Å². The van der Waals surface area contributed by atoms with Gasteiger partial charge in [0.1, 0.15) is 11.6 Å². The first kappa shape index (κ1) is 22.2. The lowest BCUT2D eigenvalue weighted by Gasteiger charge is -2.38. The summed E-state index contributed by atoms with van der Waals surface area (Å²) in [6.45, 7) is 5.14. The third-order valence-electron chi connectivity index (χ3n) is 6.27. The van der Waals surface area contributed by atoms with Crippen LogP contribution in [0.25, 0.3) is 0 Å². The lowest BCUT2D eigenvalue weighted by Crippen LogP contribution is -2.49. The average Bonchev–Trinajstić information content (AvgIpc) is 2.77. The van der Waals surface area contributed by atoms with Gasteiger partial charge in [-0.1, -0.05) is 18.6 Å². The normalized spacial score (nSPS) is 18.7. The van der Waals surface area contributed by atoms with Crippen LogP contribution in [0, 0.1) is 6.92 Å². The first-order valence-electron chi connectivity index (χ1n) is 11.3. The molecule has 3 heterocycles. The molecule has 0 spiro atoms. The predicted molar refractivity (Wildman–Crippen MR) is 120 cm³/mol. The zero-order chi connectivity index (χ0) is 22.5. The van der Waals surface area contributed by atoms with Gasteiger partial charge in [0.2, 0.25) is 5.91 Å². The van der Waals surface area contributed by atoms with Crippen LogP contribution in [-0.4, -0.2) is 64.9 Å². The number of methoxy groups -OCH3 is 1. The minimum Gasteiger partial charge on any atom is -0.497 e. The molecule has 8 heteroatoms. The van der Waals surface area contributed by atoms with E-state index in [-0.39, 0.29) is 17.9 Å². The van der Waals surface area contributed by atoms with Gasteiger partial charge < -0.3 is 15.0 Å². The number of amides is 2. The molecule has 2 aromatic rings. The number of nitrogens with zero attached hydrogens (tertiary/aromatic N) is 4. The predicted octanol–water partition coefficient (Wildman–Crippen LogP) is 2.48. The molecule has 1 aromatic carbocycles. The minimum absolute atomic E-state index is 0.0580. The molecule has 2 aliphatic heterocycles. The summed E-state index contributed by atoms with van der Waals surface area (Å²) in [7, 11) is 1.63. The minimum atomic E-state index is -0.199. The summed E-state index contributed by atoms with van der Waals surface area (Å²) in [5, 5.41) is 2.99. The Morgan fingerprint density at radius 1 is 1.12 bits per heavy atom. The summed E-state index contributed by atoms with van der Waals surface area (Å²) in [6, 6.07) is 7.54. The highest BCUT2D eigenvalue weighted by molar-refractivity contribution is 5.95. The Morgan fingerprint density at radius 3 is 2.59 bits per heavy atom. The first-order chi connectivity index (χ1) is 15.5. The lowest BCUT2D eigenvalue weighted by atomic mass is 9.96. The molecule has 1 atom stereocenters. The molecule has 2 saturated heterocycles. The molecule has 2 fully saturated rings.